The van der Waals surface area contributed by atoms with Crippen molar-refractivity contribution in [2.45, 2.75) is 20.3 Å². The Kier molecular flexibility index (Phi) is 10.8. The molecule has 5 heteroatoms. The molecule has 1 aliphatic rings. The molecule has 0 aliphatic carbocycles. The summed E-state index contributed by atoms with van der Waals surface area (Å²) in [5.74, 6) is 0.639. The average Bonchev–Trinajstić information content (AvgIpc) is 2.57. The number of hydrogen-bond donors (Lipinski definition) is 1. The van der Waals surface area contributed by atoms with E-state index in [1.165, 1.54) is 6.42 Å². The molecule has 2 rings (SSSR count). The van der Waals surface area contributed by atoms with Crippen molar-refractivity contribution in [1.29, 1.82) is 0 Å². The second-order valence-corrected chi connectivity index (χ2v) is 4.26. The number of hydrogen-bond acceptors (Lipinski definition) is 4. The first-order valence-corrected chi connectivity index (χ1v) is 7.24. The fourth-order valence-electron chi connectivity index (χ4n) is 1.74. The molecular weight excluding hydrogens is 266 g/mol. The van der Waals surface area contributed by atoms with Gasteiger partial charge in [0.05, 0.1) is 18.8 Å². The lowest BCUT2D eigenvalue weighted by atomic mass is 10.2. The van der Waals surface area contributed by atoms with E-state index in [4.69, 9.17) is 4.74 Å². The second-order valence-electron chi connectivity index (χ2n) is 4.26. The van der Waals surface area contributed by atoms with Crippen molar-refractivity contribution in [3.8, 4) is 0 Å². The molecule has 118 valence electrons. The molecule has 0 bridgehead atoms. The number of aromatic nitrogens is 1. The van der Waals surface area contributed by atoms with Crippen molar-refractivity contribution in [3.63, 3.8) is 0 Å². The van der Waals surface area contributed by atoms with E-state index in [2.05, 4.69) is 42.2 Å². The van der Waals surface area contributed by atoms with Crippen molar-refractivity contribution in [1.82, 2.24) is 10.3 Å². The van der Waals surface area contributed by atoms with Crippen LogP contribution >= 0.6 is 0 Å². The quantitative estimate of drug-likeness (QED) is 0.851. The fourth-order valence-corrected chi connectivity index (χ4v) is 1.74. The smallest absolute Gasteiger partial charge is 0.254 e. The van der Waals surface area contributed by atoms with Crippen LogP contribution in [0.5, 0.6) is 0 Å². The molecule has 0 spiro atoms. The van der Waals surface area contributed by atoms with Crippen molar-refractivity contribution in [2.24, 2.45) is 0 Å². The van der Waals surface area contributed by atoms with Gasteiger partial charge in [0.1, 0.15) is 5.82 Å². The summed E-state index contributed by atoms with van der Waals surface area (Å²) in [5, 5.41) is 2.62. The zero-order chi connectivity index (χ0) is 16.1. The summed E-state index contributed by atoms with van der Waals surface area (Å²) in [6.07, 6.45) is 2.96. The zero-order valence-corrected chi connectivity index (χ0v) is 13.4. The number of carbonyl (C=O) groups excluding carboxylic acids is 1. The first-order valence-electron chi connectivity index (χ1n) is 7.24. The fraction of sp³-hybridized carbons (Fsp3) is 0.500. The van der Waals surface area contributed by atoms with Crippen LogP contribution in [0.4, 0.5) is 5.82 Å². The molecule has 1 amide bonds. The Labute approximate surface area is 128 Å². The number of nitrogens with one attached hydrogen (secondary N) is 1. The first-order chi connectivity index (χ1) is 10.2. The molecule has 1 N–H and O–H groups in total. The molecule has 0 atom stereocenters. The minimum atomic E-state index is -0.102. The SMILES string of the molecule is C=C.CCC.CNC(=O)c1cccnc1N1CCOCC1. The Hall–Kier alpha value is -1.88. The van der Waals surface area contributed by atoms with Gasteiger partial charge in [0.15, 0.2) is 0 Å². The number of ether oxygens (including phenoxy) is 1. The van der Waals surface area contributed by atoms with E-state index in [1.54, 1.807) is 25.4 Å². The molecule has 0 radical (unpaired) electrons. The topological polar surface area (TPSA) is 54.5 Å². The average molecular weight is 293 g/mol. The Bertz CT molecular complexity index is 404. The van der Waals surface area contributed by atoms with E-state index < -0.39 is 0 Å². The van der Waals surface area contributed by atoms with Crippen LogP contribution in [0.2, 0.25) is 0 Å². The summed E-state index contributed by atoms with van der Waals surface area (Å²) in [5.41, 5.74) is 0.618. The summed E-state index contributed by atoms with van der Waals surface area (Å²) in [6, 6.07) is 3.56. The second kappa shape index (κ2) is 11.9. The predicted molar refractivity (Wildman–Crippen MR) is 87.9 cm³/mol. The highest BCUT2D eigenvalue weighted by Gasteiger charge is 2.18. The number of morpholine rings is 1. The van der Waals surface area contributed by atoms with Gasteiger partial charge in [-0.25, -0.2) is 4.98 Å². The number of rotatable bonds is 2. The van der Waals surface area contributed by atoms with Gasteiger partial charge in [-0.05, 0) is 12.1 Å². The third-order valence-corrected chi connectivity index (χ3v) is 2.57. The minimum Gasteiger partial charge on any atom is -0.378 e. The molecule has 0 saturated carbocycles. The maximum absolute atomic E-state index is 11.7. The lowest BCUT2D eigenvalue weighted by Gasteiger charge is -2.28. The number of anilines is 1. The molecule has 1 fully saturated rings. The molecular formula is C16H27N3O2. The number of carbonyl (C=O) groups is 1. The predicted octanol–water partition coefficient (Wildman–Crippen LogP) is 2.50. The molecule has 1 aromatic heterocycles. The van der Waals surface area contributed by atoms with Gasteiger partial charge < -0.3 is 15.0 Å². The van der Waals surface area contributed by atoms with E-state index in [0.29, 0.717) is 18.8 Å². The van der Waals surface area contributed by atoms with E-state index in [1.807, 2.05) is 0 Å². The first kappa shape index (κ1) is 19.1. The van der Waals surface area contributed by atoms with Crippen LogP contribution in [-0.2, 0) is 4.74 Å². The highest BCUT2D eigenvalue weighted by molar-refractivity contribution is 5.98. The van der Waals surface area contributed by atoms with Gasteiger partial charge >= 0.3 is 0 Å². The molecule has 0 aromatic carbocycles. The van der Waals surface area contributed by atoms with Crippen LogP contribution in [0.1, 0.15) is 30.6 Å². The zero-order valence-electron chi connectivity index (χ0n) is 13.4. The summed E-state index contributed by atoms with van der Waals surface area (Å²) < 4.78 is 5.28. The van der Waals surface area contributed by atoms with Crippen molar-refractivity contribution in [3.05, 3.63) is 37.1 Å². The minimum absolute atomic E-state index is 0.102. The summed E-state index contributed by atoms with van der Waals surface area (Å²) >= 11 is 0. The van der Waals surface area contributed by atoms with Crippen LogP contribution in [0.25, 0.3) is 0 Å². The highest BCUT2D eigenvalue weighted by Crippen LogP contribution is 2.17. The van der Waals surface area contributed by atoms with Crippen molar-refractivity contribution >= 4 is 11.7 Å². The van der Waals surface area contributed by atoms with Gasteiger partial charge in [-0.15, -0.1) is 13.2 Å². The van der Waals surface area contributed by atoms with Crippen LogP contribution in [-0.4, -0.2) is 44.2 Å². The van der Waals surface area contributed by atoms with Crippen LogP contribution in [0, 0.1) is 0 Å². The molecule has 2 heterocycles. The number of amides is 1. The normalized spacial score (nSPS) is 13.2. The van der Waals surface area contributed by atoms with Gasteiger partial charge in [-0.2, -0.15) is 0 Å². The molecule has 5 nitrogen and oxygen atoms in total. The van der Waals surface area contributed by atoms with Crippen LogP contribution in [0.3, 0.4) is 0 Å². The largest absolute Gasteiger partial charge is 0.378 e. The maximum atomic E-state index is 11.7. The molecule has 0 unspecified atom stereocenters. The van der Waals surface area contributed by atoms with E-state index in [-0.39, 0.29) is 5.91 Å². The Morgan fingerprint density at radius 1 is 1.38 bits per heavy atom. The number of pyridine rings is 1. The molecule has 21 heavy (non-hydrogen) atoms. The highest BCUT2D eigenvalue weighted by atomic mass is 16.5. The lowest BCUT2D eigenvalue weighted by Crippen LogP contribution is -2.38. The summed E-state index contributed by atoms with van der Waals surface area (Å²) in [4.78, 5) is 18.0. The summed E-state index contributed by atoms with van der Waals surface area (Å²) in [6.45, 7) is 13.2. The third-order valence-electron chi connectivity index (χ3n) is 2.57. The van der Waals surface area contributed by atoms with Gasteiger partial charge in [-0.3, -0.25) is 4.79 Å². The van der Waals surface area contributed by atoms with E-state index >= 15 is 0 Å². The summed E-state index contributed by atoms with van der Waals surface area (Å²) in [7, 11) is 1.62. The lowest BCUT2D eigenvalue weighted by molar-refractivity contribution is 0.0961. The van der Waals surface area contributed by atoms with Crippen LogP contribution < -0.4 is 10.2 Å². The third kappa shape index (κ3) is 6.40. The van der Waals surface area contributed by atoms with Gasteiger partial charge in [-0.1, -0.05) is 20.3 Å². The van der Waals surface area contributed by atoms with Crippen LogP contribution in [0.15, 0.2) is 31.5 Å². The monoisotopic (exact) mass is 293 g/mol. The maximum Gasteiger partial charge on any atom is 0.254 e. The Morgan fingerprint density at radius 3 is 2.48 bits per heavy atom. The van der Waals surface area contributed by atoms with Gasteiger partial charge in [0.25, 0.3) is 5.91 Å². The van der Waals surface area contributed by atoms with Gasteiger partial charge in [0.2, 0.25) is 0 Å². The van der Waals surface area contributed by atoms with E-state index in [9.17, 15) is 4.79 Å². The van der Waals surface area contributed by atoms with Crippen molar-refractivity contribution in [2.75, 3.05) is 38.3 Å². The van der Waals surface area contributed by atoms with Gasteiger partial charge in [0, 0.05) is 26.3 Å². The Balaban J connectivity index is 0.000000713. The molecule has 1 aromatic rings. The standard InChI is InChI=1S/C11H15N3O2.C3H8.C2H4/c1-12-11(15)9-3-2-4-13-10(9)14-5-7-16-8-6-14;1-3-2;1-2/h2-4H,5-8H2,1H3,(H,12,15);3H2,1-2H3;1-2H2. The molecule has 1 saturated heterocycles. The molecule has 1 aliphatic heterocycles. The van der Waals surface area contributed by atoms with Crippen molar-refractivity contribution < 1.29 is 9.53 Å². The Morgan fingerprint density at radius 2 is 1.95 bits per heavy atom. The van der Waals surface area contributed by atoms with E-state index in [0.717, 1.165) is 18.9 Å². The number of nitrogens with zero attached hydrogens (tertiary/aromatic N) is 2.